The molecule has 0 spiro atoms. The fraction of sp³-hybridized carbons (Fsp3) is 0.438. The molecule has 14 nitrogen and oxygen atoms in total. The van der Waals surface area contributed by atoms with Crippen molar-refractivity contribution in [2.45, 2.75) is 141 Å². The van der Waals surface area contributed by atoms with E-state index < -0.39 is 124 Å². The summed E-state index contributed by atoms with van der Waals surface area (Å²) in [4.78, 5) is 58.8. The Balaban J connectivity index is 1.29. The topological polar surface area (TPSA) is 231 Å². The summed E-state index contributed by atoms with van der Waals surface area (Å²) in [7, 11) is -7.67. The van der Waals surface area contributed by atoms with E-state index in [2.05, 4.69) is 21.3 Å². The van der Waals surface area contributed by atoms with Crippen molar-refractivity contribution in [2.24, 2.45) is 29.4 Å². The molecule has 0 bridgehead atoms. The van der Waals surface area contributed by atoms with Gasteiger partial charge in [-0.2, -0.15) is 0 Å². The summed E-state index contributed by atoms with van der Waals surface area (Å²) in [6.45, 7) is 16.6. The molecule has 8 atom stereocenters. The normalized spacial score (nSPS) is 15.5. The van der Waals surface area contributed by atoms with Gasteiger partial charge in [0.15, 0.2) is 19.7 Å². The number of amides is 4. The van der Waals surface area contributed by atoms with Gasteiger partial charge in [-0.05, 0) is 123 Å². The highest BCUT2D eigenvalue weighted by molar-refractivity contribution is 7.93. The number of carbonyl (C=O) groups is 4. The second-order valence-corrected chi connectivity index (χ2v) is 29.6. The monoisotopic (exact) mass is 1130 g/mol. The van der Waals surface area contributed by atoms with Crippen molar-refractivity contribution in [1.82, 2.24) is 21.3 Å². The van der Waals surface area contributed by atoms with Crippen LogP contribution in [-0.4, -0.2) is 103 Å². The van der Waals surface area contributed by atoms with Crippen LogP contribution in [0.1, 0.15) is 91.5 Å². The maximum atomic E-state index is 14.8. The molecule has 16 heteroatoms. The molecule has 6 rings (SSSR count). The van der Waals surface area contributed by atoms with Crippen molar-refractivity contribution in [3.05, 3.63) is 168 Å². The molecule has 6 aromatic carbocycles. The Morgan fingerprint density at radius 2 is 0.787 bits per heavy atom. The van der Waals surface area contributed by atoms with Gasteiger partial charge in [-0.3, -0.25) is 19.2 Å². The Kier molecular flexibility index (Phi) is 21.1. The number of carbonyl (C=O) groups excluding carboxylic acids is 4. The van der Waals surface area contributed by atoms with Crippen LogP contribution in [0.4, 0.5) is 0 Å². The molecule has 0 unspecified atom stereocenters. The third-order valence-electron chi connectivity index (χ3n) is 15.2. The van der Waals surface area contributed by atoms with Gasteiger partial charge in [0.1, 0.15) is 12.1 Å². The number of aliphatic hydroxyl groups excluding tert-OH is 1. The number of sulfone groups is 2. The molecule has 0 radical (unpaired) electrons. The van der Waals surface area contributed by atoms with E-state index in [-0.39, 0.29) is 25.7 Å². The first kappa shape index (κ1) is 62.7. The molecular weight excluding hydrogens is 1050 g/mol. The molecule has 0 aliphatic rings. The van der Waals surface area contributed by atoms with Gasteiger partial charge in [0, 0.05) is 0 Å². The third kappa shape index (κ3) is 16.4. The predicted octanol–water partition coefficient (Wildman–Crippen LogP) is 7.86. The SMILES string of the molecule is CC(C)[C@H](NC(=O)[C@H](Cc1cccc2ccccc12)CS(=O)(=O)C(C)(C)C)C(=O)N[C@@H](Cc1ccccc1)[C@H](N)[C@H](O)[C@H](Cc1ccccc1)NC(=O)[C@@H](NC(=O)[C@H](Cc1cccc2ccccc12)CS(=O)(=O)C(C)(C)C)C(C)C. The van der Waals surface area contributed by atoms with Crippen LogP contribution in [0.2, 0.25) is 0 Å². The van der Waals surface area contributed by atoms with Gasteiger partial charge in [-0.1, -0.05) is 173 Å². The Morgan fingerprint density at radius 3 is 1.16 bits per heavy atom. The van der Waals surface area contributed by atoms with Crippen molar-refractivity contribution in [3.8, 4) is 0 Å². The van der Waals surface area contributed by atoms with Crippen molar-refractivity contribution < 1.29 is 41.1 Å². The van der Waals surface area contributed by atoms with Crippen molar-refractivity contribution in [3.63, 3.8) is 0 Å². The van der Waals surface area contributed by atoms with Crippen molar-refractivity contribution >= 4 is 64.8 Å². The summed E-state index contributed by atoms with van der Waals surface area (Å²) in [5.74, 6) is -6.57. The minimum Gasteiger partial charge on any atom is -0.389 e. The van der Waals surface area contributed by atoms with Crippen LogP contribution in [0.3, 0.4) is 0 Å². The van der Waals surface area contributed by atoms with E-state index in [1.807, 2.05) is 146 Å². The fourth-order valence-corrected chi connectivity index (χ4v) is 12.5. The van der Waals surface area contributed by atoms with E-state index in [1.54, 1.807) is 69.2 Å². The van der Waals surface area contributed by atoms with Gasteiger partial charge in [0.05, 0.1) is 57.1 Å². The fourth-order valence-electron chi connectivity index (χ4n) is 9.90. The average molecular weight is 1130 g/mol. The maximum absolute atomic E-state index is 14.8. The zero-order valence-electron chi connectivity index (χ0n) is 48.0. The van der Waals surface area contributed by atoms with Gasteiger partial charge >= 0.3 is 0 Å². The van der Waals surface area contributed by atoms with Gasteiger partial charge in [-0.25, -0.2) is 16.8 Å². The molecule has 0 aromatic heterocycles. The van der Waals surface area contributed by atoms with Crippen LogP contribution in [0.5, 0.6) is 0 Å². The van der Waals surface area contributed by atoms with Crippen molar-refractivity contribution in [2.75, 3.05) is 11.5 Å². The second-order valence-electron chi connectivity index (χ2n) is 24.0. The van der Waals surface area contributed by atoms with E-state index in [4.69, 9.17) is 5.73 Å². The minimum atomic E-state index is -3.84. The summed E-state index contributed by atoms with van der Waals surface area (Å²) < 4.78 is 53.0. The lowest BCUT2D eigenvalue weighted by molar-refractivity contribution is -0.133. The highest BCUT2D eigenvalue weighted by Gasteiger charge is 2.41. The summed E-state index contributed by atoms with van der Waals surface area (Å²) in [6.07, 6.45) is -1.15. The molecule has 0 heterocycles. The van der Waals surface area contributed by atoms with Crippen molar-refractivity contribution in [1.29, 1.82) is 0 Å². The number of rotatable bonds is 25. The first-order valence-corrected chi connectivity index (χ1v) is 31.0. The summed E-state index contributed by atoms with van der Waals surface area (Å²) in [6, 6.07) is 39.4. The van der Waals surface area contributed by atoms with Crippen LogP contribution in [-0.2, 0) is 64.5 Å². The molecular formula is C64H83N5O9S2. The number of benzene rings is 6. The number of nitrogens with two attached hydrogens (primary N) is 1. The zero-order chi connectivity index (χ0) is 58.7. The van der Waals surface area contributed by atoms with Crippen LogP contribution in [0, 0.1) is 23.7 Å². The Hall–Kier alpha value is -6.46. The lowest BCUT2D eigenvalue weighted by Crippen LogP contribution is -2.64. The van der Waals surface area contributed by atoms with Crippen LogP contribution < -0.4 is 27.0 Å². The van der Waals surface area contributed by atoms with E-state index >= 15 is 0 Å². The molecule has 430 valence electrons. The number of hydrogen-bond donors (Lipinski definition) is 6. The molecule has 7 N–H and O–H groups in total. The van der Waals surface area contributed by atoms with Gasteiger partial charge < -0.3 is 32.1 Å². The standard InChI is InChI=1S/C64H83N5O9S2/c1-41(2)56(68-59(71)49(39-79(75,76)63(5,6)7)37-47-31-21-29-45-27-17-19-33-51(45)47)61(73)66-53(35-43-23-13-11-14-24-43)55(65)58(70)54(36-44-25-15-12-16-26-44)67-62(74)57(42(3)4)69-60(72)50(40-80(77,78)64(8,9)10)38-48-32-22-30-46-28-18-20-34-52(46)48/h11-34,41-42,49-50,53-58,70H,35-40,65H2,1-10H3,(H,66,73)(H,67,74)(H,68,71)(H,69,72)/t49-,50-,53+,54+,55+,56+,57+,58-/m1/s1. The first-order valence-electron chi connectivity index (χ1n) is 27.7. The lowest BCUT2D eigenvalue weighted by atomic mass is 9.88. The quantitative estimate of drug-likeness (QED) is 0.0325. The molecule has 0 saturated carbocycles. The van der Waals surface area contributed by atoms with Crippen LogP contribution in [0.25, 0.3) is 21.5 Å². The molecule has 0 saturated heterocycles. The Bertz CT molecular complexity index is 3070. The van der Waals surface area contributed by atoms with E-state index in [9.17, 15) is 41.1 Å². The molecule has 0 aliphatic carbocycles. The van der Waals surface area contributed by atoms with Gasteiger partial charge in [-0.15, -0.1) is 0 Å². The second kappa shape index (κ2) is 26.9. The predicted molar refractivity (Wildman–Crippen MR) is 321 cm³/mol. The Labute approximate surface area is 474 Å². The molecule has 0 aliphatic heterocycles. The van der Waals surface area contributed by atoms with Crippen LogP contribution >= 0.6 is 0 Å². The number of hydrogen-bond acceptors (Lipinski definition) is 10. The van der Waals surface area contributed by atoms with E-state index in [0.717, 1.165) is 43.8 Å². The zero-order valence-corrected chi connectivity index (χ0v) is 49.6. The number of fused-ring (bicyclic) bond motifs is 2. The molecule has 80 heavy (non-hydrogen) atoms. The van der Waals surface area contributed by atoms with E-state index in [0.29, 0.717) is 0 Å². The maximum Gasteiger partial charge on any atom is 0.243 e. The van der Waals surface area contributed by atoms with E-state index in [1.165, 1.54) is 0 Å². The molecule has 6 aromatic rings. The smallest absolute Gasteiger partial charge is 0.243 e. The first-order chi connectivity index (χ1) is 37.6. The van der Waals surface area contributed by atoms with Crippen LogP contribution in [0.15, 0.2) is 146 Å². The number of nitrogens with one attached hydrogen (secondary N) is 4. The third-order valence-corrected chi connectivity index (χ3v) is 20.6. The van der Waals surface area contributed by atoms with Gasteiger partial charge in [0.2, 0.25) is 23.6 Å². The minimum absolute atomic E-state index is 0.0831. The summed E-state index contributed by atoms with van der Waals surface area (Å²) >= 11 is 0. The average Bonchev–Trinajstić information content (AvgIpc) is 3.40. The lowest BCUT2D eigenvalue weighted by Gasteiger charge is -2.36. The Morgan fingerprint density at radius 1 is 0.450 bits per heavy atom. The molecule has 4 amide bonds. The largest absolute Gasteiger partial charge is 0.389 e. The number of aliphatic hydroxyl groups is 1. The van der Waals surface area contributed by atoms with Gasteiger partial charge in [0.25, 0.3) is 0 Å². The highest BCUT2D eigenvalue weighted by Crippen LogP contribution is 2.28. The summed E-state index contributed by atoms with van der Waals surface area (Å²) in [5, 5.41) is 28.1. The summed E-state index contributed by atoms with van der Waals surface area (Å²) in [5.41, 5.74) is 10.2. The molecule has 0 fully saturated rings. The highest BCUT2D eigenvalue weighted by atomic mass is 32.2.